The van der Waals surface area contributed by atoms with Crippen molar-refractivity contribution >= 4 is 0 Å². The number of nitrogens with zero attached hydrogens (tertiary/aromatic N) is 3. The van der Waals surface area contributed by atoms with Crippen molar-refractivity contribution in [1.29, 1.82) is 0 Å². The largest absolute Gasteiger partial charge is 0.384 e. The maximum Gasteiger partial charge on any atom is 0.190 e. The van der Waals surface area contributed by atoms with Crippen molar-refractivity contribution in [3.63, 3.8) is 0 Å². The van der Waals surface area contributed by atoms with E-state index in [0.29, 0.717) is 0 Å². The van der Waals surface area contributed by atoms with Crippen molar-refractivity contribution in [1.82, 2.24) is 0 Å². The minimum Gasteiger partial charge on any atom is -0.384 e. The Morgan fingerprint density at radius 2 is 1.86 bits per heavy atom. The van der Waals surface area contributed by atoms with Gasteiger partial charge in [-0.25, -0.2) is 0 Å². The Balaban J connectivity index is 1.86. The molecular formula is C13H21N3O6. The van der Waals surface area contributed by atoms with Crippen LogP contribution in [0.3, 0.4) is 0 Å². The Kier molecular flexibility index (Phi) is 3.65. The maximum atomic E-state index is 11.1. The zero-order valence-electron chi connectivity index (χ0n) is 13.1. The van der Waals surface area contributed by atoms with Crippen LogP contribution in [-0.2, 0) is 23.7 Å². The van der Waals surface area contributed by atoms with Gasteiger partial charge in [0.25, 0.3) is 0 Å². The molecule has 1 N–H and O–H groups in total. The van der Waals surface area contributed by atoms with Crippen LogP contribution >= 0.6 is 0 Å². The van der Waals surface area contributed by atoms with Crippen LogP contribution in [0.5, 0.6) is 0 Å². The van der Waals surface area contributed by atoms with E-state index < -0.39 is 41.8 Å². The molecule has 3 aliphatic rings. The maximum absolute atomic E-state index is 11.1. The zero-order valence-corrected chi connectivity index (χ0v) is 13.1. The summed E-state index contributed by atoms with van der Waals surface area (Å²) in [6, 6.07) is 0. The third-order valence-electron chi connectivity index (χ3n) is 4.08. The summed E-state index contributed by atoms with van der Waals surface area (Å²) in [6.07, 6.45) is -2.78. The third kappa shape index (κ3) is 2.59. The molecule has 9 heteroatoms. The Morgan fingerprint density at radius 1 is 1.14 bits per heavy atom. The molecule has 0 aromatic heterocycles. The van der Waals surface area contributed by atoms with E-state index in [0.717, 1.165) is 0 Å². The monoisotopic (exact) mass is 315 g/mol. The van der Waals surface area contributed by atoms with Crippen molar-refractivity contribution < 1.29 is 28.8 Å². The number of hydrogen-bond acceptors (Lipinski definition) is 7. The topological polar surface area (TPSA) is 115 Å². The number of rotatable bonds is 3. The predicted octanol–water partition coefficient (Wildman–Crippen LogP) is 1.06. The van der Waals surface area contributed by atoms with Gasteiger partial charge in [-0.05, 0) is 33.2 Å². The number of hydrogen-bond donors (Lipinski definition) is 1. The van der Waals surface area contributed by atoms with Gasteiger partial charge in [0.1, 0.15) is 23.9 Å². The molecule has 22 heavy (non-hydrogen) atoms. The van der Waals surface area contributed by atoms with Crippen LogP contribution in [0.25, 0.3) is 10.4 Å². The molecule has 5 atom stereocenters. The quantitative estimate of drug-likeness (QED) is 0.473. The molecule has 9 nitrogen and oxygen atoms in total. The second-order valence-electron chi connectivity index (χ2n) is 6.73. The second-order valence-corrected chi connectivity index (χ2v) is 6.73. The molecule has 3 rings (SSSR count). The van der Waals surface area contributed by atoms with Gasteiger partial charge in [0.2, 0.25) is 0 Å². The van der Waals surface area contributed by atoms with Gasteiger partial charge in [0.05, 0.1) is 13.2 Å². The van der Waals surface area contributed by atoms with Gasteiger partial charge in [-0.2, -0.15) is 0 Å². The predicted molar refractivity (Wildman–Crippen MR) is 72.6 cm³/mol. The number of azide groups is 1. The van der Waals surface area contributed by atoms with Gasteiger partial charge >= 0.3 is 0 Å². The van der Waals surface area contributed by atoms with Crippen LogP contribution in [0.1, 0.15) is 27.7 Å². The van der Waals surface area contributed by atoms with Crippen molar-refractivity contribution in [2.45, 2.75) is 69.5 Å². The lowest BCUT2D eigenvalue weighted by Crippen LogP contribution is -2.56. The van der Waals surface area contributed by atoms with Gasteiger partial charge in [-0.15, -0.1) is 0 Å². The minimum atomic E-state index is -1.54. The fourth-order valence-electron chi connectivity index (χ4n) is 3.19. The van der Waals surface area contributed by atoms with Crippen molar-refractivity contribution in [3.05, 3.63) is 10.4 Å². The second kappa shape index (κ2) is 5.04. The van der Waals surface area contributed by atoms with E-state index in [1.165, 1.54) is 0 Å². The summed E-state index contributed by atoms with van der Waals surface area (Å²) >= 11 is 0. The summed E-state index contributed by atoms with van der Waals surface area (Å²) in [5, 5.41) is 14.6. The summed E-state index contributed by atoms with van der Waals surface area (Å²) in [5.74, 6) is -1.64. The molecule has 0 aromatic carbocycles. The lowest BCUT2D eigenvalue weighted by molar-refractivity contribution is -0.246. The molecule has 0 bridgehead atoms. The van der Waals surface area contributed by atoms with Crippen LogP contribution in [0.4, 0.5) is 0 Å². The summed E-state index contributed by atoms with van der Waals surface area (Å²) in [7, 11) is 0. The first kappa shape index (κ1) is 15.9. The highest BCUT2D eigenvalue weighted by molar-refractivity contribution is 5.09. The molecule has 0 aromatic rings. The standard InChI is InChI=1S/C13H21N3O6/c1-11(2)18-5-7(20-11)8-13(17,6-15-16-14)9-10(19-8)22-12(3,4)21-9/h7-10,17H,5-6H2,1-4H3/t7?,8-,9+,10-,13-/m1/s1. The fourth-order valence-corrected chi connectivity index (χ4v) is 3.19. The average molecular weight is 315 g/mol. The van der Waals surface area contributed by atoms with Crippen LogP contribution in [-0.4, -0.2) is 60.0 Å². The highest BCUT2D eigenvalue weighted by Gasteiger charge is 2.65. The summed E-state index contributed by atoms with van der Waals surface area (Å²) < 4.78 is 28.5. The lowest BCUT2D eigenvalue weighted by atomic mass is 9.89. The first-order valence-corrected chi connectivity index (χ1v) is 7.23. The van der Waals surface area contributed by atoms with Gasteiger partial charge in [0.15, 0.2) is 17.9 Å². The molecule has 0 spiro atoms. The van der Waals surface area contributed by atoms with E-state index in [9.17, 15) is 5.11 Å². The van der Waals surface area contributed by atoms with Crippen LogP contribution < -0.4 is 0 Å². The van der Waals surface area contributed by atoms with E-state index in [4.69, 9.17) is 29.2 Å². The SMILES string of the molecule is CC1(C)OCC([C@H]2O[C@@H]3OC(C)(C)O[C@@H]3[C@@]2(O)CN=[N+]=[N-])O1. The van der Waals surface area contributed by atoms with E-state index in [-0.39, 0.29) is 13.2 Å². The average Bonchev–Trinajstić information content (AvgIpc) is 2.99. The molecule has 0 radical (unpaired) electrons. The minimum absolute atomic E-state index is 0.199. The Bertz CT molecular complexity index is 506. The van der Waals surface area contributed by atoms with Gasteiger partial charge in [-0.3, -0.25) is 0 Å². The van der Waals surface area contributed by atoms with Gasteiger partial charge in [-0.1, -0.05) is 5.11 Å². The van der Waals surface area contributed by atoms with E-state index in [1.54, 1.807) is 27.7 Å². The molecule has 1 unspecified atom stereocenters. The number of fused-ring (bicyclic) bond motifs is 1. The van der Waals surface area contributed by atoms with Crippen LogP contribution in [0.2, 0.25) is 0 Å². The van der Waals surface area contributed by atoms with Crippen molar-refractivity contribution in [2.75, 3.05) is 13.2 Å². The van der Waals surface area contributed by atoms with Crippen LogP contribution in [0.15, 0.2) is 5.11 Å². The van der Waals surface area contributed by atoms with Crippen molar-refractivity contribution in [3.8, 4) is 0 Å². The molecule has 0 aliphatic carbocycles. The number of ether oxygens (including phenoxy) is 5. The molecule has 3 aliphatic heterocycles. The first-order chi connectivity index (χ1) is 10.2. The number of aliphatic hydroxyl groups is 1. The summed E-state index contributed by atoms with van der Waals surface area (Å²) in [5.41, 5.74) is 7.05. The molecule has 0 amide bonds. The summed E-state index contributed by atoms with van der Waals surface area (Å²) in [6.45, 7) is 7.09. The highest BCUT2D eigenvalue weighted by Crippen LogP contribution is 2.46. The fraction of sp³-hybridized carbons (Fsp3) is 1.00. The first-order valence-electron chi connectivity index (χ1n) is 7.23. The Morgan fingerprint density at radius 3 is 2.45 bits per heavy atom. The smallest absolute Gasteiger partial charge is 0.190 e. The van der Waals surface area contributed by atoms with Crippen molar-refractivity contribution in [2.24, 2.45) is 5.11 Å². The van der Waals surface area contributed by atoms with E-state index in [1.807, 2.05) is 0 Å². The van der Waals surface area contributed by atoms with Crippen LogP contribution in [0, 0.1) is 0 Å². The molecule has 3 fully saturated rings. The molecule has 0 saturated carbocycles. The highest BCUT2D eigenvalue weighted by atomic mass is 16.8. The summed E-state index contributed by atoms with van der Waals surface area (Å²) in [4.78, 5) is 2.73. The Labute approximate surface area is 128 Å². The van der Waals surface area contributed by atoms with E-state index in [2.05, 4.69) is 10.0 Å². The molecule has 3 saturated heterocycles. The lowest BCUT2D eigenvalue weighted by Gasteiger charge is -2.34. The molecular weight excluding hydrogens is 294 g/mol. The Hall–Kier alpha value is -0.930. The molecule has 124 valence electrons. The zero-order chi connectivity index (χ0) is 16.2. The van der Waals surface area contributed by atoms with Gasteiger partial charge < -0.3 is 28.8 Å². The third-order valence-corrected chi connectivity index (χ3v) is 4.08. The molecule has 3 heterocycles. The van der Waals surface area contributed by atoms with E-state index >= 15 is 0 Å². The van der Waals surface area contributed by atoms with Gasteiger partial charge in [0, 0.05) is 4.91 Å². The normalized spacial score (nSPS) is 45.5.